The number of anilines is 1. The summed E-state index contributed by atoms with van der Waals surface area (Å²) >= 11 is 0. The second kappa shape index (κ2) is 4.86. The van der Waals surface area contributed by atoms with Crippen molar-refractivity contribution < 1.29 is 0 Å². The summed E-state index contributed by atoms with van der Waals surface area (Å²) in [7, 11) is 0. The smallest absolute Gasteiger partial charge is 0.149 e. The molecule has 0 bridgehead atoms. The number of rotatable bonds is 2. The lowest BCUT2D eigenvalue weighted by atomic mass is 10.1. The van der Waals surface area contributed by atoms with Gasteiger partial charge in [0.1, 0.15) is 5.82 Å². The molecule has 0 radical (unpaired) electrons. The van der Waals surface area contributed by atoms with Gasteiger partial charge >= 0.3 is 0 Å². The monoisotopic (exact) mass is 230 g/mol. The van der Waals surface area contributed by atoms with E-state index in [1.807, 2.05) is 0 Å². The SMILES string of the molecule is CCC(C)N1CCc2[nH]nc(N)c2C1.Cl. The van der Waals surface area contributed by atoms with Gasteiger partial charge in [0.15, 0.2) is 0 Å². The van der Waals surface area contributed by atoms with Crippen LogP contribution in [0.5, 0.6) is 0 Å². The summed E-state index contributed by atoms with van der Waals surface area (Å²) in [5.41, 5.74) is 8.23. The summed E-state index contributed by atoms with van der Waals surface area (Å²) in [5, 5.41) is 7.05. The summed E-state index contributed by atoms with van der Waals surface area (Å²) in [4.78, 5) is 2.47. The molecule has 1 aromatic rings. The van der Waals surface area contributed by atoms with Crippen LogP contribution in [0.15, 0.2) is 0 Å². The maximum atomic E-state index is 5.80. The van der Waals surface area contributed by atoms with Crippen LogP contribution < -0.4 is 5.73 Å². The molecule has 15 heavy (non-hydrogen) atoms. The van der Waals surface area contributed by atoms with E-state index in [0.717, 1.165) is 19.5 Å². The number of nitrogen functional groups attached to an aromatic ring is 1. The molecule has 2 rings (SSSR count). The number of aromatic amines is 1. The van der Waals surface area contributed by atoms with Crippen LogP contribution in [0.4, 0.5) is 5.82 Å². The van der Waals surface area contributed by atoms with Gasteiger partial charge in [0, 0.05) is 36.8 Å². The first-order valence-electron chi connectivity index (χ1n) is 5.28. The fourth-order valence-corrected chi connectivity index (χ4v) is 1.97. The number of nitrogens with two attached hydrogens (primary N) is 1. The predicted octanol–water partition coefficient (Wildman–Crippen LogP) is 1.57. The van der Waals surface area contributed by atoms with E-state index in [1.165, 1.54) is 17.7 Å². The van der Waals surface area contributed by atoms with E-state index in [9.17, 15) is 0 Å². The van der Waals surface area contributed by atoms with Crippen molar-refractivity contribution in [2.75, 3.05) is 12.3 Å². The minimum absolute atomic E-state index is 0. The topological polar surface area (TPSA) is 57.9 Å². The zero-order valence-electron chi connectivity index (χ0n) is 9.29. The van der Waals surface area contributed by atoms with E-state index in [-0.39, 0.29) is 12.4 Å². The summed E-state index contributed by atoms with van der Waals surface area (Å²) in [6.45, 7) is 6.55. The van der Waals surface area contributed by atoms with Gasteiger partial charge in [-0.15, -0.1) is 12.4 Å². The fraction of sp³-hybridized carbons (Fsp3) is 0.700. The van der Waals surface area contributed by atoms with Gasteiger partial charge in [-0.3, -0.25) is 10.00 Å². The molecule has 0 saturated carbocycles. The number of H-pyrrole nitrogens is 1. The first-order chi connectivity index (χ1) is 6.72. The number of nitrogens with one attached hydrogen (secondary N) is 1. The third-order valence-corrected chi connectivity index (χ3v) is 3.21. The molecule has 0 saturated heterocycles. The summed E-state index contributed by atoms with van der Waals surface area (Å²) in [5.74, 6) is 0.674. The summed E-state index contributed by atoms with van der Waals surface area (Å²) in [6, 6.07) is 0.637. The number of nitrogens with zero attached hydrogens (tertiary/aromatic N) is 2. The van der Waals surface area contributed by atoms with E-state index in [0.29, 0.717) is 11.9 Å². The average molecular weight is 231 g/mol. The highest BCUT2D eigenvalue weighted by Gasteiger charge is 2.23. The zero-order chi connectivity index (χ0) is 10.1. The lowest BCUT2D eigenvalue weighted by molar-refractivity contribution is 0.186. The molecule has 86 valence electrons. The quantitative estimate of drug-likeness (QED) is 0.811. The molecule has 5 heteroatoms. The predicted molar refractivity (Wildman–Crippen MR) is 64.1 cm³/mol. The van der Waals surface area contributed by atoms with Crippen molar-refractivity contribution in [1.82, 2.24) is 15.1 Å². The number of hydrogen-bond acceptors (Lipinski definition) is 3. The van der Waals surface area contributed by atoms with Gasteiger partial charge in [0.05, 0.1) is 0 Å². The highest BCUT2D eigenvalue weighted by molar-refractivity contribution is 5.85. The minimum Gasteiger partial charge on any atom is -0.382 e. The van der Waals surface area contributed by atoms with Gasteiger partial charge in [-0.05, 0) is 13.3 Å². The Morgan fingerprint density at radius 1 is 1.60 bits per heavy atom. The van der Waals surface area contributed by atoms with Crippen LogP contribution in [0.2, 0.25) is 0 Å². The number of fused-ring (bicyclic) bond motifs is 1. The average Bonchev–Trinajstić information content (AvgIpc) is 2.59. The van der Waals surface area contributed by atoms with Crippen molar-refractivity contribution in [1.29, 1.82) is 0 Å². The normalized spacial score (nSPS) is 18.0. The lowest BCUT2D eigenvalue weighted by Gasteiger charge is -2.31. The minimum atomic E-state index is 0. The molecule has 4 nitrogen and oxygen atoms in total. The molecular formula is C10H19ClN4. The fourth-order valence-electron chi connectivity index (χ4n) is 1.97. The van der Waals surface area contributed by atoms with E-state index in [4.69, 9.17) is 5.73 Å². The zero-order valence-corrected chi connectivity index (χ0v) is 10.1. The molecule has 0 amide bonds. The van der Waals surface area contributed by atoms with Gasteiger partial charge in [-0.25, -0.2) is 0 Å². The number of aromatic nitrogens is 2. The molecule has 0 spiro atoms. The third kappa shape index (κ3) is 2.26. The first kappa shape index (κ1) is 12.3. The van der Waals surface area contributed by atoms with Crippen LogP contribution >= 0.6 is 12.4 Å². The Morgan fingerprint density at radius 3 is 3.00 bits per heavy atom. The van der Waals surface area contributed by atoms with E-state index >= 15 is 0 Å². The third-order valence-electron chi connectivity index (χ3n) is 3.21. The van der Waals surface area contributed by atoms with Gasteiger partial charge in [-0.2, -0.15) is 5.10 Å². The van der Waals surface area contributed by atoms with Gasteiger partial charge in [-0.1, -0.05) is 6.92 Å². The lowest BCUT2D eigenvalue weighted by Crippen LogP contribution is -2.37. The maximum Gasteiger partial charge on any atom is 0.149 e. The summed E-state index contributed by atoms with van der Waals surface area (Å²) < 4.78 is 0. The number of halogens is 1. The Hall–Kier alpha value is -0.740. The molecule has 0 aliphatic carbocycles. The highest BCUT2D eigenvalue weighted by Crippen LogP contribution is 2.23. The molecule has 1 unspecified atom stereocenters. The summed E-state index contributed by atoms with van der Waals surface area (Å²) in [6.07, 6.45) is 2.23. The van der Waals surface area contributed by atoms with Gasteiger partial charge < -0.3 is 5.73 Å². The van der Waals surface area contributed by atoms with Crippen molar-refractivity contribution in [3.05, 3.63) is 11.3 Å². The van der Waals surface area contributed by atoms with Crippen LogP contribution in [-0.4, -0.2) is 27.7 Å². The molecule has 2 heterocycles. The van der Waals surface area contributed by atoms with E-state index < -0.39 is 0 Å². The van der Waals surface area contributed by atoms with E-state index in [2.05, 4.69) is 28.9 Å². The highest BCUT2D eigenvalue weighted by atomic mass is 35.5. The van der Waals surface area contributed by atoms with Gasteiger partial charge in [0.25, 0.3) is 0 Å². The Morgan fingerprint density at radius 2 is 2.33 bits per heavy atom. The molecule has 1 aliphatic rings. The molecule has 0 aromatic carbocycles. The Balaban J connectivity index is 0.00000112. The van der Waals surface area contributed by atoms with Crippen LogP contribution in [0.3, 0.4) is 0 Å². The molecule has 1 atom stereocenters. The second-order valence-electron chi connectivity index (χ2n) is 4.04. The van der Waals surface area contributed by atoms with Crippen LogP contribution in [0.1, 0.15) is 31.5 Å². The standard InChI is InChI=1S/C10H18N4.ClH/c1-3-7(2)14-5-4-9-8(6-14)10(11)13-12-9;/h7H,3-6H2,1-2H3,(H3,11,12,13);1H. The molecular weight excluding hydrogens is 212 g/mol. The van der Waals surface area contributed by atoms with Crippen molar-refractivity contribution >= 4 is 18.2 Å². The molecule has 1 aliphatic heterocycles. The Labute approximate surface area is 96.6 Å². The first-order valence-corrected chi connectivity index (χ1v) is 5.28. The Bertz CT molecular complexity index is 323. The Kier molecular flexibility index (Phi) is 3.99. The van der Waals surface area contributed by atoms with Gasteiger partial charge in [0.2, 0.25) is 0 Å². The van der Waals surface area contributed by atoms with Crippen molar-refractivity contribution in [3.8, 4) is 0 Å². The van der Waals surface area contributed by atoms with Crippen LogP contribution in [0.25, 0.3) is 0 Å². The molecule has 1 aromatic heterocycles. The van der Waals surface area contributed by atoms with Crippen molar-refractivity contribution in [2.24, 2.45) is 0 Å². The van der Waals surface area contributed by atoms with Crippen LogP contribution in [0, 0.1) is 0 Å². The van der Waals surface area contributed by atoms with Crippen LogP contribution in [-0.2, 0) is 13.0 Å². The van der Waals surface area contributed by atoms with Crippen molar-refractivity contribution in [3.63, 3.8) is 0 Å². The molecule has 3 N–H and O–H groups in total. The number of hydrogen-bond donors (Lipinski definition) is 2. The molecule has 0 fully saturated rings. The maximum absolute atomic E-state index is 5.80. The largest absolute Gasteiger partial charge is 0.382 e. The van der Waals surface area contributed by atoms with Crippen molar-refractivity contribution in [2.45, 2.75) is 39.3 Å². The second-order valence-corrected chi connectivity index (χ2v) is 4.04. The van der Waals surface area contributed by atoms with E-state index in [1.54, 1.807) is 0 Å².